The molecule has 5 atom stereocenters. The number of esters is 2. The number of carbonyl (C=O) groups is 5. The Bertz CT molecular complexity index is 1690. The molecule has 2 aromatic rings. The van der Waals surface area contributed by atoms with Crippen molar-refractivity contribution in [2.45, 2.75) is 57.6 Å². The van der Waals surface area contributed by atoms with Crippen LogP contribution >= 0.6 is 0 Å². The number of aliphatic hydroxyl groups excluding tert-OH is 1. The highest BCUT2D eigenvalue weighted by molar-refractivity contribution is 6.08. The van der Waals surface area contributed by atoms with Gasteiger partial charge in [-0.15, -0.1) is 0 Å². The van der Waals surface area contributed by atoms with Crippen LogP contribution in [-0.2, 0) is 38.1 Å². The first-order valence-corrected chi connectivity index (χ1v) is 14.4. The van der Waals surface area contributed by atoms with Gasteiger partial charge in [-0.05, 0) is 42.3 Å². The van der Waals surface area contributed by atoms with Crippen LogP contribution in [-0.4, -0.2) is 96.9 Å². The van der Waals surface area contributed by atoms with Crippen LogP contribution < -0.4 is 15.4 Å². The molecule has 3 heterocycles. The number of nitrogens with zero attached hydrogens (tertiary/aromatic N) is 1. The Balaban J connectivity index is 1.52. The van der Waals surface area contributed by atoms with Crippen molar-refractivity contribution in [1.29, 1.82) is 0 Å². The number of nitrogens with one attached hydrogen (secondary N) is 2. The predicted molar refractivity (Wildman–Crippen MR) is 160 cm³/mol. The first kappa shape index (κ1) is 32.4. The molecule has 2 aromatic carbocycles. The number of hydrogen-bond donors (Lipinski definition) is 3. The summed E-state index contributed by atoms with van der Waals surface area (Å²) >= 11 is 0. The Morgan fingerprint density at radius 1 is 1.11 bits per heavy atom. The summed E-state index contributed by atoms with van der Waals surface area (Å²) in [7, 11) is 2.75. The van der Waals surface area contributed by atoms with Gasteiger partial charge in [-0.1, -0.05) is 18.2 Å². The molecule has 3 saturated heterocycles. The minimum Gasteiger partial charge on any atom is -0.502 e. The molecule has 244 valence electrons. The molecule has 0 unspecified atom stereocenters. The van der Waals surface area contributed by atoms with Crippen LogP contribution in [0, 0.1) is 6.92 Å². The number of aryl methyl sites for hydroxylation is 1. The number of ketones is 1. The maximum absolute atomic E-state index is 14.0. The van der Waals surface area contributed by atoms with Gasteiger partial charge in [0.25, 0.3) is 11.8 Å². The molecule has 0 radical (unpaired) electrons. The second kappa shape index (κ2) is 12.4. The van der Waals surface area contributed by atoms with E-state index < -0.39 is 65.2 Å². The Labute approximate surface area is 264 Å². The summed E-state index contributed by atoms with van der Waals surface area (Å²) in [6.45, 7) is 6.18. The van der Waals surface area contributed by atoms with Crippen LogP contribution in [0.4, 0.5) is 0 Å². The van der Waals surface area contributed by atoms with E-state index in [4.69, 9.17) is 23.7 Å². The van der Waals surface area contributed by atoms with Crippen molar-refractivity contribution in [3.63, 3.8) is 0 Å². The number of carbonyl (C=O) groups excluding carboxylic acids is 5. The zero-order chi connectivity index (χ0) is 33.5. The summed E-state index contributed by atoms with van der Waals surface area (Å²) in [4.78, 5) is 67.1. The standard InChI is InChI=1S/C32H35N3O11/c1-15-8-7-9-19-20(15)10-18(43-6)11-21(19)31(41)46-28(32(4)14-44-32)30(40)34-24(29(39)33-22(13-42-5)16(2)36)25-27(45-17(3)37)26(38)23-12-35(23)25/h7-11,13,23,26-28,38H,12,14H2,1-6H3,(H,33,39)(H,34,40)/b22-13-,25-24+/t23-,26+,27+,28+,32-,35?/m0/s1. The second-order valence-corrected chi connectivity index (χ2v) is 11.5. The van der Waals surface area contributed by atoms with Gasteiger partial charge in [0.15, 0.2) is 11.9 Å². The van der Waals surface area contributed by atoms with Gasteiger partial charge in [0.1, 0.15) is 35.1 Å². The van der Waals surface area contributed by atoms with Crippen molar-refractivity contribution in [2.75, 3.05) is 27.4 Å². The van der Waals surface area contributed by atoms with E-state index in [1.54, 1.807) is 30.0 Å². The number of benzene rings is 2. The predicted octanol–water partition coefficient (Wildman–Crippen LogP) is 0.982. The van der Waals surface area contributed by atoms with E-state index in [0.717, 1.165) is 24.1 Å². The highest BCUT2D eigenvalue weighted by Crippen LogP contribution is 2.42. The quantitative estimate of drug-likeness (QED) is 0.138. The number of hydrogen-bond acceptors (Lipinski definition) is 12. The molecule has 0 aromatic heterocycles. The first-order valence-electron chi connectivity index (χ1n) is 14.4. The van der Waals surface area contributed by atoms with Crippen molar-refractivity contribution in [2.24, 2.45) is 0 Å². The fourth-order valence-electron chi connectivity index (χ4n) is 5.46. The molecule has 5 rings (SSSR count). The number of Topliss-reactive ketones (excluding diaryl/α,β-unsaturated/α-hetero) is 1. The van der Waals surface area contributed by atoms with Crippen LogP contribution in [0.15, 0.2) is 53.7 Å². The summed E-state index contributed by atoms with van der Waals surface area (Å²) in [5.74, 6) is -3.62. The highest BCUT2D eigenvalue weighted by Gasteiger charge is 2.59. The molecule has 14 nitrogen and oxygen atoms in total. The zero-order valence-electron chi connectivity index (χ0n) is 26.2. The third-order valence-electron chi connectivity index (χ3n) is 8.08. The number of aliphatic hydroxyl groups is 1. The lowest BCUT2D eigenvalue weighted by Crippen LogP contribution is -2.49. The third kappa shape index (κ3) is 6.26. The normalized spacial score (nSPS) is 24.7. The summed E-state index contributed by atoms with van der Waals surface area (Å²) in [5.41, 5.74) is -0.838. The number of ether oxygens (including phenoxy) is 5. The third-order valence-corrected chi connectivity index (χ3v) is 8.08. The maximum Gasteiger partial charge on any atom is 0.339 e. The maximum atomic E-state index is 14.0. The molecule has 3 fully saturated rings. The number of allylic oxidation sites excluding steroid dienone is 1. The molecule has 3 aliphatic rings. The van der Waals surface area contributed by atoms with E-state index in [9.17, 15) is 29.1 Å². The SMILES string of the molecule is CO/C=C(\NC(=O)/C(NC(=O)[C@@H](OC(=O)c1cc(OC)cc2c(C)cccc12)[C@]1(C)CO1)=C1/[C@@H](OC(C)=O)[C@H](O)[C@@H]2CN12)C(C)=O. The second-order valence-electron chi connectivity index (χ2n) is 11.5. The molecule has 46 heavy (non-hydrogen) atoms. The van der Waals surface area contributed by atoms with Crippen LogP contribution in [0.2, 0.25) is 0 Å². The number of fused-ring (bicyclic) bond motifs is 2. The van der Waals surface area contributed by atoms with Gasteiger partial charge in [-0.2, -0.15) is 0 Å². The summed E-state index contributed by atoms with van der Waals surface area (Å²) in [6.07, 6.45) is -3.03. The topological polar surface area (TPSA) is 182 Å². The Morgan fingerprint density at radius 3 is 2.43 bits per heavy atom. The molecular weight excluding hydrogens is 602 g/mol. The largest absolute Gasteiger partial charge is 0.502 e. The number of piperidine rings is 1. The number of amides is 2. The van der Waals surface area contributed by atoms with Crippen molar-refractivity contribution in [3.8, 4) is 5.75 Å². The lowest BCUT2D eigenvalue weighted by atomic mass is 9.99. The Morgan fingerprint density at radius 2 is 1.83 bits per heavy atom. The molecule has 3 N–H and O–H groups in total. The molecule has 3 aliphatic heterocycles. The van der Waals surface area contributed by atoms with E-state index in [-0.39, 0.29) is 23.6 Å². The highest BCUT2D eigenvalue weighted by atomic mass is 16.6. The number of methoxy groups -OCH3 is 2. The van der Waals surface area contributed by atoms with Gasteiger partial charge >= 0.3 is 11.9 Å². The van der Waals surface area contributed by atoms with Crippen molar-refractivity contribution >= 4 is 40.3 Å². The van der Waals surface area contributed by atoms with Crippen molar-refractivity contribution < 1.29 is 52.8 Å². The Hall–Kier alpha value is -4.95. The van der Waals surface area contributed by atoms with Crippen LogP contribution in [0.3, 0.4) is 0 Å². The molecule has 14 heteroatoms. The van der Waals surface area contributed by atoms with Gasteiger partial charge in [0, 0.05) is 20.4 Å². The zero-order valence-corrected chi connectivity index (χ0v) is 26.2. The number of epoxide rings is 1. The van der Waals surface area contributed by atoms with Crippen LogP contribution in [0.25, 0.3) is 10.8 Å². The van der Waals surface area contributed by atoms with Gasteiger partial charge in [0.05, 0.1) is 38.1 Å². The summed E-state index contributed by atoms with van der Waals surface area (Å²) in [5, 5.41) is 17.0. The van der Waals surface area contributed by atoms with Gasteiger partial charge in [-0.3, -0.25) is 19.2 Å². The molecule has 0 spiro atoms. The summed E-state index contributed by atoms with van der Waals surface area (Å²) in [6, 6.07) is 8.25. The van der Waals surface area contributed by atoms with Crippen LogP contribution in [0.1, 0.15) is 36.7 Å². The van der Waals surface area contributed by atoms with E-state index >= 15 is 0 Å². The van der Waals surface area contributed by atoms with Gasteiger partial charge in [-0.25, -0.2) is 4.79 Å². The van der Waals surface area contributed by atoms with E-state index in [2.05, 4.69) is 10.6 Å². The Kier molecular flexibility index (Phi) is 8.78. The lowest BCUT2D eigenvalue weighted by Gasteiger charge is -2.25. The van der Waals surface area contributed by atoms with E-state index in [0.29, 0.717) is 17.7 Å². The molecular formula is C32H35N3O11. The number of rotatable bonds is 11. The van der Waals surface area contributed by atoms with Gasteiger partial charge < -0.3 is 44.3 Å². The van der Waals surface area contributed by atoms with Crippen molar-refractivity contribution in [1.82, 2.24) is 15.5 Å². The first-order chi connectivity index (χ1) is 21.8. The molecule has 0 saturated carbocycles. The average molecular weight is 638 g/mol. The lowest BCUT2D eigenvalue weighted by molar-refractivity contribution is -0.148. The van der Waals surface area contributed by atoms with E-state index in [1.165, 1.54) is 27.2 Å². The molecule has 2 amide bonds. The summed E-state index contributed by atoms with van der Waals surface area (Å²) < 4.78 is 27.0. The van der Waals surface area contributed by atoms with Crippen LogP contribution in [0.5, 0.6) is 5.75 Å². The fraction of sp³-hybridized carbons (Fsp3) is 0.406. The van der Waals surface area contributed by atoms with Crippen molar-refractivity contribution in [3.05, 3.63) is 64.8 Å². The minimum atomic E-state index is -1.56. The monoisotopic (exact) mass is 637 g/mol. The van der Waals surface area contributed by atoms with Gasteiger partial charge in [0.2, 0.25) is 6.10 Å². The smallest absolute Gasteiger partial charge is 0.339 e. The fourth-order valence-corrected chi connectivity index (χ4v) is 5.46. The van der Waals surface area contributed by atoms with E-state index in [1.807, 2.05) is 13.0 Å². The molecule has 0 bridgehead atoms. The minimum absolute atomic E-state index is 0.0140. The average Bonchev–Trinajstić information content (AvgIpc) is 3.93. The molecule has 0 aliphatic carbocycles.